The summed E-state index contributed by atoms with van der Waals surface area (Å²) in [7, 11) is 0. The van der Waals surface area contributed by atoms with Gasteiger partial charge in [-0.1, -0.05) is 30.0 Å². The number of carbonyl (C=O) groups is 1. The van der Waals surface area contributed by atoms with Crippen LogP contribution in [0.15, 0.2) is 57.9 Å². The van der Waals surface area contributed by atoms with E-state index >= 15 is 0 Å². The summed E-state index contributed by atoms with van der Waals surface area (Å²) in [4.78, 5) is 13.7. The lowest BCUT2D eigenvalue weighted by Gasteiger charge is -2.20. The highest BCUT2D eigenvalue weighted by Crippen LogP contribution is 2.40. The van der Waals surface area contributed by atoms with Gasteiger partial charge in [-0.3, -0.25) is 9.47 Å². The molecule has 176 valence electrons. The summed E-state index contributed by atoms with van der Waals surface area (Å²) in [6.07, 6.45) is 1.78. The Morgan fingerprint density at radius 2 is 1.82 bits per heavy atom. The highest BCUT2D eigenvalue weighted by atomic mass is 79.9. The summed E-state index contributed by atoms with van der Waals surface area (Å²) in [6.45, 7) is 6.20. The van der Waals surface area contributed by atoms with Crippen molar-refractivity contribution in [1.29, 1.82) is 0 Å². The van der Waals surface area contributed by atoms with Crippen LogP contribution in [0.25, 0.3) is 6.08 Å². The van der Waals surface area contributed by atoms with Crippen molar-refractivity contribution >= 4 is 56.2 Å². The van der Waals surface area contributed by atoms with E-state index in [1.165, 1.54) is 22.8 Å². The van der Waals surface area contributed by atoms with Crippen LogP contribution in [0.3, 0.4) is 0 Å². The number of ether oxygens (including phenoxy) is 2. The average molecular weight is 561 g/mol. The van der Waals surface area contributed by atoms with Crippen molar-refractivity contribution in [2.24, 2.45) is 0 Å². The summed E-state index contributed by atoms with van der Waals surface area (Å²) in [6, 6.07) is 14.0. The highest BCUT2D eigenvalue weighted by Gasteiger charge is 2.34. The lowest BCUT2D eigenvalue weighted by molar-refractivity contribution is -0.114. The Morgan fingerprint density at radius 3 is 2.50 bits per heavy atom. The maximum atomic E-state index is 14.0. The quantitative estimate of drug-likeness (QED) is 0.243. The van der Waals surface area contributed by atoms with Crippen molar-refractivity contribution in [3.8, 4) is 11.5 Å². The molecule has 1 aromatic heterocycles. The number of halogens is 2. The van der Waals surface area contributed by atoms with Crippen molar-refractivity contribution < 1.29 is 18.7 Å². The number of rotatable bonds is 7. The van der Waals surface area contributed by atoms with E-state index in [1.807, 2.05) is 43.6 Å². The van der Waals surface area contributed by atoms with Crippen LogP contribution in [-0.4, -0.2) is 21.5 Å². The fraction of sp³-hybridized carbons (Fsp3) is 0.200. The molecule has 9 heteroatoms. The summed E-state index contributed by atoms with van der Waals surface area (Å²) in [5, 5.41) is 1.51. The number of hydrogen-bond acceptors (Lipinski definition) is 5. The minimum absolute atomic E-state index is 0.0545. The lowest BCUT2D eigenvalue weighted by Crippen LogP contribution is -2.39. The number of thioether (sulfide) groups is 1. The Balaban J connectivity index is 1.63. The van der Waals surface area contributed by atoms with Gasteiger partial charge in [0, 0.05) is 17.0 Å². The van der Waals surface area contributed by atoms with Crippen LogP contribution in [0, 0.1) is 19.7 Å². The second kappa shape index (κ2) is 10.3. The number of aryl methyl sites for hydroxylation is 2. The third-order valence-electron chi connectivity index (χ3n) is 5.17. The minimum Gasteiger partial charge on any atom is -0.490 e. The van der Waals surface area contributed by atoms with Crippen molar-refractivity contribution in [3.05, 3.63) is 86.2 Å². The third kappa shape index (κ3) is 4.92. The molecule has 1 aliphatic heterocycles. The number of nitrogens with zero attached hydrogens (tertiary/aromatic N) is 2. The standard InChI is InChI=1S/C25H22BrFN2O3S2/c1-4-31-21-12-17(11-19(26)23(21)32-14-18-7-5-6-8-20(18)27)13-22-24(30)29(25(33)34-22)28-15(2)9-10-16(28)3/h5-13H,4,14H2,1-3H3/b22-13-. The Bertz CT molecular complexity index is 1290. The number of hydrogen-bond donors (Lipinski definition) is 0. The number of benzene rings is 2. The Morgan fingerprint density at radius 1 is 1.12 bits per heavy atom. The Hall–Kier alpha value is -2.62. The number of aromatic nitrogens is 1. The molecule has 1 fully saturated rings. The maximum Gasteiger partial charge on any atom is 0.285 e. The molecule has 0 bridgehead atoms. The summed E-state index contributed by atoms with van der Waals surface area (Å²) < 4.78 is 28.6. The highest BCUT2D eigenvalue weighted by molar-refractivity contribution is 9.10. The molecule has 0 N–H and O–H groups in total. The van der Waals surface area contributed by atoms with Crippen LogP contribution in [0.5, 0.6) is 11.5 Å². The molecule has 0 unspecified atom stereocenters. The molecular formula is C25H22BrFN2O3S2. The third-order valence-corrected chi connectivity index (χ3v) is 7.04. The molecule has 4 rings (SSSR count). The second-order valence-electron chi connectivity index (χ2n) is 7.56. The van der Waals surface area contributed by atoms with Gasteiger partial charge < -0.3 is 9.47 Å². The van der Waals surface area contributed by atoms with E-state index in [1.54, 1.807) is 30.3 Å². The van der Waals surface area contributed by atoms with E-state index in [0.29, 0.717) is 37.4 Å². The molecule has 0 aliphatic carbocycles. The first kappa shape index (κ1) is 24.5. The molecule has 2 heterocycles. The minimum atomic E-state index is -0.330. The summed E-state index contributed by atoms with van der Waals surface area (Å²) in [5.41, 5.74) is 3.04. The molecule has 0 atom stereocenters. The van der Waals surface area contributed by atoms with Gasteiger partial charge in [0.25, 0.3) is 5.91 Å². The Kier molecular flexibility index (Phi) is 7.45. The first-order chi connectivity index (χ1) is 16.3. The van der Waals surface area contributed by atoms with Crippen LogP contribution in [-0.2, 0) is 11.4 Å². The van der Waals surface area contributed by atoms with Crippen LogP contribution >= 0.6 is 39.9 Å². The zero-order valence-corrected chi connectivity index (χ0v) is 22.0. The zero-order chi connectivity index (χ0) is 24.4. The average Bonchev–Trinajstić information content (AvgIpc) is 3.25. The number of amides is 1. The smallest absolute Gasteiger partial charge is 0.285 e. The fourth-order valence-corrected chi connectivity index (χ4v) is 5.42. The first-order valence-corrected chi connectivity index (χ1v) is 12.6. The van der Waals surface area contributed by atoms with Crippen LogP contribution < -0.4 is 14.5 Å². The molecular weight excluding hydrogens is 539 g/mol. The fourth-order valence-electron chi connectivity index (χ4n) is 3.60. The van der Waals surface area contributed by atoms with Gasteiger partial charge in [0.15, 0.2) is 15.8 Å². The van der Waals surface area contributed by atoms with E-state index in [9.17, 15) is 9.18 Å². The maximum absolute atomic E-state index is 14.0. The van der Waals surface area contributed by atoms with Gasteiger partial charge in [-0.2, -0.15) is 5.01 Å². The molecule has 0 saturated carbocycles. The molecule has 0 radical (unpaired) electrons. The molecule has 1 amide bonds. The van der Waals surface area contributed by atoms with Crippen molar-refractivity contribution in [2.45, 2.75) is 27.4 Å². The molecule has 34 heavy (non-hydrogen) atoms. The lowest BCUT2D eigenvalue weighted by atomic mass is 10.1. The van der Waals surface area contributed by atoms with Gasteiger partial charge in [0.05, 0.1) is 16.0 Å². The molecule has 5 nitrogen and oxygen atoms in total. The van der Waals surface area contributed by atoms with Gasteiger partial charge in [-0.15, -0.1) is 0 Å². The van der Waals surface area contributed by atoms with E-state index in [-0.39, 0.29) is 18.3 Å². The normalized spacial score (nSPS) is 14.9. The summed E-state index contributed by atoms with van der Waals surface area (Å²) >= 11 is 10.3. The largest absolute Gasteiger partial charge is 0.490 e. The van der Waals surface area contributed by atoms with Crippen molar-refractivity contribution in [3.63, 3.8) is 0 Å². The van der Waals surface area contributed by atoms with E-state index < -0.39 is 0 Å². The van der Waals surface area contributed by atoms with Crippen LogP contribution in [0.2, 0.25) is 0 Å². The summed E-state index contributed by atoms with van der Waals surface area (Å²) in [5.74, 6) is 0.440. The monoisotopic (exact) mass is 560 g/mol. The van der Waals surface area contributed by atoms with Crippen LogP contribution in [0.1, 0.15) is 29.4 Å². The number of thiocarbonyl (C=S) groups is 1. The van der Waals surface area contributed by atoms with Crippen LogP contribution in [0.4, 0.5) is 4.39 Å². The van der Waals surface area contributed by atoms with Gasteiger partial charge >= 0.3 is 0 Å². The SMILES string of the molecule is CCOc1cc(/C=C2\SC(=S)N(n3c(C)ccc3C)C2=O)cc(Br)c1OCc1ccccc1F. The van der Waals surface area contributed by atoms with Crippen molar-refractivity contribution in [1.82, 2.24) is 4.68 Å². The van der Waals surface area contributed by atoms with Gasteiger partial charge in [0.2, 0.25) is 0 Å². The van der Waals surface area contributed by atoms with Crippen molar-refractivity contribution in [2.75, 3.05) is 11.6 Å². The molecule has 3 aromatic rings. The van der Waals surface area contributed by atoms with E-state index in [4.69, 9.17) is 21.7 Å². The van der Waals surface area contributed by atoms with Gasteiger partial charge in [0.1, 0.15) is 12.4 Å². The predicted octanol–water partition coefficient (Wildman–Crippen LogP) is 6.52. The van der Waals surface area contributed by atoms with Gasteiger partial charge in [-0.05, 0) is 90.9 Å². The second-order valence-corrected chi connectivity index (χ2v) is 10.1. The van der Waals surface area contributed by atoms with Gasteiger partial charge in [-0.25, -0.2) is 4.39 Å². The molecule has 0 spiro atoms. The van der Waals surface area contributed by atoms with E-state index in [2.05, 4.69) is 15.9 Å². The topological polar surface area (TPSA) is 43.7 Å². The molecule has 1 saturated heterocycles. The zero-order valence-electron chi connectivity index (χ0n) is 18.8. The molecule has 1 aliphatic rings. The predicted molar refractivity (Wildman–Crippen MR) is 141 cm³/mol. The number of carbonyl (C=O) groups excluding carboxylic acids is 1. The first-order valence-electron chi connectivity index (χ1n) is 10.6. The molecule has 2 aromatic carbocycles. The Labute approximate surface area is 215 Å². The van der Waals surface area contributed by atoms with E-state index in [0.717, 1.165) is 17.0 Å².